The molecule has 1 fully saturated rings. The summed E-state index contributed by atoms with van der Waals surface area (Å²) in [5.74, 6) is -1.53. The van der Waals surface area contributed by atoms with Crippen molar-refractivity contribution < 1.29 is 27.1 Å². The van der Waals surface area contributed by atoms with Gasteiger partial charge in [0.15, 0.2) is 0 Å². The van der Waals surface area contributed by atoms with Crippen LogP contribution >= 0.6 is 11.3 Å². The first-order valence-corrected chi connectivity index (χ1v) is 11.1. The minimum absolute atomic E-state index is 0.102. The molecule has 1 amide bonds. The Kier molecular flexibility index (Phi) is 5.96. The molecular formula is C17H19F2N3O4S2. The van der Waals surface area contributed by atoms with Crippen molar-refractivity contribution >= 4 is 27.5 Å². The van der Waals surface area contributed by atoms with E-state index in [-0.39, 0.29) is 18.7 Å². The molecule has 0 saturated carbocycles. The van der Waals surface area contributed by atoms with Crippen LogP contribution in [0.15, 0.2) is 23.6 Å². The van der Waals surface area contributed by atoms with Gasteiger partial charge in [-0.05, 0) is 25.5 Å². The Morgan fingerprint density at radius 2 is 2.04 bits per heavy atom. The predicted octanol–water partition coefficient (Wildman–Crippen LogP) is 2.69. The van der Waals surface area contributed by atoms with Crippen LogP contribution in [0.1, 0.15) is 19.0 Å². The number of amides is 1. The van der Waals surface area contributed by atoms with Gasteiger partial charge in [-0.15, -0.1) is 11.3 Å². The quantitative estimate of drug-likeness (QED) is 0.733. The van der Waals surface area contributed by atoms with E-state index in [2.05, 4.69) is 9.71 Å². The third kappa shape index (κ3) is 4.65. The molecule has 1 aliphatic heterocycles. The molecule has 1 aromatic carbocycles. The number of carboxylic acid groups (broad SMARTS) is 1. The van der Waals surface area contributed by atoms with Gasteiger partial charge in [0.05, 0.1) is 17.5 Å². The molecule has 0 unspecified atom stereocenters. The summed E-state index contributed by atoms with van der Waals surface area (Å²) in [6, 6.07) is 1.94. The molecule has 7 nitrogen and oxygen atoms in total. The molecule has 11 heteroatoms. The third-order valence-corrected chi connectivity index (χ3v) is 6.94. The smallest absolute Gasteiger partial charge is 0.407 e. The van der Waals surface area contributed by atoms with Gasteiger partial charge in [0.1, 0.15) is 16.6 Å². The summed E-state index contributed by atoms with van der Waals surface area (Å²) in [4.78, 5) is 17.1. The lowest BCUT2D eigenvalue weighted by Gasteiger charge is -2.25. The van der Waals surface area contributed by atoms with E-state index in [4.69, 9.17) is 0 Å². The number of nitrogens with zero attached hydrogens (tertiary/aromatic N) is 2. The zero-order chi connectivity index (χ0) is 20.5. The Morgan fingerprint density at radius 3 is 2.64 bits per heavy atom. The normalized spacial score (nSPS) is 19.9. The summed E-state index contributed by atoms with van der Waals surface area (Å²) in [5.41, 5.74) is 0.821. The van der Waals surface area contributed by atoms with E-state index >= 15 is 0 Å². The molecule has 0 spiro atoms. The summed E-state index contributed by atoms with van der Waals surface area (Å²) < 4.78 is 53.3. The highest BCUT2D eigenvalue weighted by Gasteiger charge is 2.39. The van der Waals surface area contributed by atoms with Crippen LogP contribution in [0.25, 0.3) is 10.6 Å². The first-order valence-electron chi connectivity index (χ1n) is 8.59. The predicted molar refractivity (Wildman–Crippen MR) is 101 cm³/mol. The van der Waals surface area contributed by atoms with E-state index in [1.807, 2.05) is 0 Å². The summed E-state index contributed by atoms with van der Waals surface area (Å²) in [5, 5.41) is 11.5. The summed E-state index contributed by atoms with van der Waals surface area (Å²) in [6.07, 6.45) is -0.578. The van der Waals surface area contributed by atoms with E-state index in [0.717, 1.165) is 6.07 Å². The minimum atomic E-state index is -3.50. The fourth-order valence-electron chi connectivity index (χ4n) is 3.22. The Hall–Kier alpha value is -2.11. The maximum Gasteiger partial charge on any atom is 0.407 e. The van der Waals surface area contributed by atoms with E-state index in [1.54, 1.807) is 5.38 Å². The van der Waals surface area contributed by atoms with E-state index in [1.165, 1.54) is 35.3 Å². The van der Waals surface area contributed by atoms with E-state index in [0.29, 0.717) is 22.7 Å². The van der Waals surface area contributed by atoms with Crippen LogP contribution in [0.2, 0.25) is 0 Å². The van der Waals surface area contributed by atoms with E-state index in [9.17, 15) is 27.1 Å². The summed E-state index contributed by atoms with van der Waals surface area (Å²) >= 11 is 1.18. The van der Waals surface area contributed by atoms with Crippen molar-refractivity contribution in [3.63, 3.8) is 0 Å². The van der Waals surface area contributed by atoms with Crippen molar-refractivity contribution in [2.24, 2.45) is 0 Å². The number of hydrogen-bond donors (Lipinski definition) is 2. The molecule has 0 aliphatic carbocycles. The number of benzene rings is 1. The van der Waals surface area contributed by atoms with Gasteiger partial charge in [-0.25, -0.2) is 31.7 Å². The van der Waals surface area contributed by atoms with Gasteiger partial charge in [0.2, 0.25) is 10.0 Å². The Bertz CT molecular complexity index is 960. The van der Waals surface area contributed by atoms with Gasteiger partial charge in [0.25, 0.3) is 0 Å². The molecular weight excluding hydrogens is 412 g/mol. The lowest BCUT2D eigenvalue weighted by atomic mass is 10.1. The highest BCUT2D eigenvalue weighted by atomic mass is 32.2. The van der Waals surface area contributed by atoms with Crippen molar-refractivity contribution in [1.82, 2.24) is 14.6 Å². The Morgan fingerprint density at radius 1 is 1.36 bits per heavy atom. The molecule has 1 aromatic heterocycles. The Balaban J connectivity index is 1.83. The topological polar surface area (TPSA) is 99.6 Å². The number of hydrogen-bond acceptors (Lipinski definition) is 5. The molecule has 3 rings (SSSR count). The largest absolute Gasteiger partial charge is 0.465 e. The molecule has 1 saturated heterocycles. The number of halogens is 2. The second-order valence-electron chi connectivity index (χ2n) is 6.47. The second-order valence-corrected chi connectivity index (χ2v) is 9.37. The number of nitrogens with one attached hydrogen (secondary N) is 1. The van der Waals surface area contributed by atoms with E-state index < -0.39 is 39.8 Å². The van der Waals surface area contributed by atoms with Gasteiger partial charge in [-0.1, -0.05) is 0 Å². The number of thiazole rings is 1. The average Bonchev–Trinajstić information content (AvgIpc) is 3.22. The summed E-state index contributed by atoms with van der Waals surface area (Å²) in [7, 11) is -3.50. The standard InChI is InChI=1S/C17H19F2N3O4S2/c1-2-28(25,26)21-14-3-4-22(17(23)24)15(14)8-13-9-27-16(20-13)10-5-11(18)7-12(19)6-10/h5-7,9,14-15,21H,2-4,8H2,1H3,(H,23,24)/t14-,15-/m1/s1. The van der Waals surface area contributed by atoms with Crippen molar-refractivity contribution in [3.05, 3.63) is 40.9 Å². The first kappa shape index (κ1) is 20.6. The number of sulfonamides is 1. The van der Waals surface area contributed by atoms with Crippen molar-refractivity contribution in [1.29, 1.82) is 0 Å². The van der Waals surface area contributed by atoms with Crippen LogP contribution in [0.3, 0.4) is 0 Å². The summed E-state index contributed by atoms with van der Waals surface area (Å²) in [6.45, 7) is 1.72. The van der Waals surface area contributed by atoms with Crippen LogP contribution in [0.5, 0.6) is 0 Å². The molecule has 1 aliphatic rings. The maximum absolute atomic E-state index is 13.4. The number of rotatable bonds is 6. The number of aromatic nitrogens is 1. The molecule has 152 valence electrons. The van der Waals surface area contributed by atoms with Crippen LogP contribution in [-0.4, -0.2) is 53.9 Å². The minimum Gasteiger partial charge on any atom is -0.465 e. The second kappa shape index (κ2) is 8.10. The van der Waals surface area contributed by atoms with Crippen molar-refractivity contribution in [2.45, 2.75) is 31.8 Å². The van der Waals surface area contributed by atoms with Gasteiger partial charge in [0, 0.05) is 36.0 Å². The monoisotopic (exact) mass is 431 g/mol. The maximum atomic E-state index is 13.4. The Labute approximate surface area is 165 Å². The van der Waals surface area contributed by atoms with Gasteiger partial charge in [-0.2, -0.15) is 0 Å². The highest BCUT2D eigenvalue weighted by Crippen LogP contribution is 2.28. The SMILES string of the molecule is CCS(=O)(=O)N[C@@H]1CCN(C(=O)O)[C@@H]1Cc1csc(-c2cc(F)cc(F)c2)n1. The van der Waals surface area contributed by atoms with Crippen molar-refractivity contribution in [2.75, 3.05) is 12.3 Å². The zero-order valence-electron chi connectivity index (χ0n) is 14.9. The van der Waals surface area contributed by atoms with Gasteiger partial charge < -0.3 is 10.0 Å². The molecule has 2 atom stereocenters. The number of carbonyl (C=O) groups is 1. The fraction of sp³-hybridized carbons (Fsp3) is 0.412. The lowest BCUT2D eigenvalue weighted by Crippen LogP contribution is -2.47. The molecule has 2 heterocycles. The van der Waals surface area contributed by atoms with Gasteiger partial charge >= 0.3 is 6.09 Å². The third-order valence-electron chi connectivity index (χ3n) is 4.58. The molecule has 0 bridgehead atoms. The molecule has 28 heavy (non-hydrogen) atoms. The number of likely N-dealkylation sites (tertiary alicyclic amines) is 1. The highest BCUT2D eigenvalue weighted by molar-refractivity contribution is 7.89. The van der Waals surface area contributed by atoms with Crippen LogP contribution < -0.4 is 4.72 Å². The molecule has 0 radical (unpaired) electrons. The zero-order valence-corrected chi connectivity index (χ0v) is 16.6. The first-order chi connectivity index (χ1) is 13.2. The van der Waals surface area contributed by atoms with Crippen molar-refractivity contribution in [3.8, 4) is 10.6 Å². The molecule has 2 aromatic rings. The van der Waals surface area contributed by atoms with Crippen LogP contribution in [0, 0.1) is 11.6 Å². The lowest BCUT2D eigenvalue weighted by molar-refractivity contribution is 0.137. The molecule has 2 N–H and O–H groups in total. The fourth-order valence-corrected chi connectivity index (χ4v) is 4.94. The van der Waals surface area contributed by atoms with Crippen LogP contribution in [-0.2, 0) is 16.4 Å². The van der Waals surface area contributed by atoms with Crippen LogP contribution in [0.4, 0.5) is 13.6 Å². The van der Waals surface area contributed by atoms with Gasteiger partial charge in [-0.3, -0.25) is 0 Å². The average molecular weight is 431 g/mol.